The number of fused-ring (bicyclic) bond motifs is 3. The van der Waals surface area contributed by atoms with Crippen LogP contribution in [0.5, 0.6) is 17.2 Å². The third kappa shape index (κ3) is 5.44. The average molecular weight is 499 g/mol. The Morgan fingerprint density at radius 3 is 2.71 bits per heavy atom. The molecule has 0 spiro atoms. The maximum absolute atomic E-state index is 12.0. The second-order valence-corrected chi connectivity index (χ2v) is 9.10. The minimum atomic E-state index is -0.260. The molecule has 2 aliphatic rings. The molecular weight excluding hydrogens is 472 g/mol. The number of hydrogen-bond acceptors (Lipinski definition) is 8. The molecule has 2 amide bonds. The lowest BCUT2D eigenvalue weighted by atomic mass is 10.1. The van der Waals surface area contributed by atoms with Gasteiger partial charge in [0.15, 0.2) is 11.5 Å². The molecule has 0 radical (unpaired) electrons. The molecule has 1 saturated carbocycles. The van der Waals surface area contributed by atoms with Gasteiger partial charge in [-0.25, -0.2) is 14.8 Å². The van der Waals surface area contributed by atoms with E-state index in [0.717, 1.165) is 19.4 Å². The van der Waals surface area contributed by atoms with E-state index in [1.165, 1.54) is 6.33 Å². The smallest absolute Gasteiger partial charge is 0.319 e. The Labute approximate surface area is 207 Å². The molecule has 1 aromatic heterocycles. The van der Waals surface area contributed by atoms with Crippen molar-refractivity contribution in [1.82, 2.24) is 20.2 Å². The molecule has 0 unspecified atom stereocenters. The standard InChI is InChI=1S/C24H27ClN6O4/c1-31(2)7-8-33-19-12-18-20(22-21(19)34-9-10-35-22)23(27-13-26-18)28-15-5-6-17(16(25)11-15)30-24(32)29-14-3-4-14/h5-6,11-14H,3-4,7-10H2,1-2H3,(H,26,27,28)(H2,29,30,32). The number of rotatable bonds is 8. The van der Waals surface area contributed by atoms with Gasteiger partial charge in [-0.3, -0.25) is 0 Å². The Kier molecular flexibility index (Phi) is 6.65. The van der Waals surface area contributed by atoms with Crippen LogP contribution in [-0.2, 0) is 0 Å². The number of anilines is 3. The van der Waals surface area contributed by atoms with Crippen molar-refractivity contribution in [3.8, 4) is 17.2 Å². The fraction of sp³-hybridized carbons (Fsp3) is 0.375. The van der Waals surface area contributed by atoms with Crippen LogP contribution in [0.3, 0.4) is 0 Å². The molecule has 1 fully saturated rings. The van der Waals surface area contributed by atoms with E-state index >= 15 is 0 Å². The van der Waals surface area contributed by atoms with Gasteiger partial charge in [0.25, 0.3) is 0 Å². The lowest BCUT2D eigenvalue weighted by molar-refractivity contribution is 0.162. The molecule has 2 heterocycles. The highest BCUT2D eigenvalue weighted by molar-refractivity contribution is 6.34. The summed E-state index contributed by atoms with van der Waals surface area (Å²) in [6, 6.07) is 7.12. The Bertz CT molecular complexity index is 1250. The second kappa shape index (κ2) is 10.0. The summed E-state index contributed by atoms with van der Waals surface area (Å²) in [5.41, 5.74) is 1.88. The minimum Gasteiger partial charge on any atom is -0.488 e. The quantitative estimate of drug-likeness (QED) is 0.427. The summed E-state index contributed by atoms with van der Waals surface area (Å²) in [6.07, 6.45) is 3.50. The van der Waals surface area contributed by atoms with Crippen LogP contribution in [-0.4, -0.2) is 67.4 Å². The maximum Gasteiger partial charge on any atom is 0.319 e. The number of benzene rings is 2. The summed E-state index contributed by atoms with van der Waals surface area (Å²) in [7, 11) is 3.98. The summed E-state index contributed by atoms with van der Waals surface area (Å²) in [6.45, 7) is 2.10. The number of nitrogens with one attached hydrogen (secondary N) is 3. The molecule has 35 heavy (non-hydrogen) atoms. The molecule has 11 heteroatoms. The second-order valence-electron chi connectivity index (χ2n) is 8.69. The van der Waals surface area contributed by atoms with Gasteiger partial charge in [0, 0.05) is 24.3 Å². The zero-order chi connectivity index (χ0) is 24.4. The number of amides is 2. The first-order valence-corrected chi connectivity index (χ1v) is 11.8. The highest BCUT2D eigenvalue weighted by Gasteiger charge is 2.25. The van der Waals surface area contributed by atoms with Crippen LogP contribution in [0.25, 0.3) is 10.9 Å². The fourth-order valence-corrected chi connectivity index (χ4v) is 3.88. The number of carbonyl (C=O) groups excluding carboxylic acids is 1. The summed E-state index contributed by atoms with van der Waals surface area (Å²) >= 11 is 6.44. The van der Waals surface area contributed by atoms with Gasteiger partial charge in [-0.15, -0.1) is 0 Å². The third-order valence-corrected chi connectivity index (χ3v) is 5.88. The number of aromatic nitrogens is 2. The van der Waals surface area contributed by atoms with E-state index in [-0.39, 0.29) is 12.1 Å². The van der Waals surface area contributed by atoms with Gasteiger partial charge < -0.3 is 35.1 Å². The predicted molar refractivity (Wildman–Crippen MR) is 134 cm³/mol. The van der Waals surface area contributed by atoms with Crippen molar-refractivity contribution in [1.29, 1.82) is 0 Å². The summed E-state index contributed by atoms with van der Waals surface area (Å²) < 4.78 is 17.9. The first kappa shape index (κ1) is 23.3. The Balaban J connectivity index is 1.41. The maximum atomic E-state index is 12.0. The number of halogens is 1. The van der Waals surface area contributed by atoms with Crippen molar-refractivity contribution in [2.45, 2.75) is 18.9 Å². The van der Waals surface area contributed by atoms with Gasteiger partial charge >= 0.3 is 6.03 Å². The van der Waals surface area contributed by atoms with E-state index in [2.05, 4.69) is 25.9 Å². The Morgan fingerprint density at radius 2 is 1.97 bits per heavy atom. The average Bonchev–Trinajstić information content (AvgIpc) is 3.64. The summed E-state index contributed by atoms with van der Waals surface area (Å²) in [5, 5.41) is 10.0. The summed E-state index contributed by atoms with van der Waals surface area (Å²) in [5.74, 6) is 2.21. The molecular formula is C24H27ClN6O4. The highest BCUT2D eigenvalue weighted by atomic mass is 35.5. The molecule has 10 nitrogen and oxygen atoms in total. The molecule has 184 valence electrons. The lowest BCUT2D eigenvalue weighted by Crippen LogP contribution is -2.30. The molecule has 0 bridgehead atoms. The van der Waals surface area contributed by atoms with Crippen LogP contribution in [0.4, 0.5) is 22.0 Å². The molecule has 1 aliphatic heterocycles. The zero-order valence-electron chi connectivity index (χ0n) is 19.6. The minimum absolute atomic E-state index is 0.260. The van der Waals surface area contributed by atoms with Crippen molar-refractivity contribution < 1.29 is 19.0 Å². The van der Waals surface area contributed by atoms with E-state index in [4.69, 9.17) is 25.8 Å². The van der Waals surface area contributed by atoms with Crippen molar-refractivity contribution in [3.05, 3.63) is 35.6 Å². The largest absolute Gasteiger partial charge is 0.488 e. The Hall–Kier alpha value is -3.50. The third-order valence-electron chi connectivity index (χ3n) is 5.57. The monoisotopic (exact) mass is 498 g/mol. The highest BCUT2D eigenvalue weighted by Crippen LogP contribution is 2.47. The van der Waals surface area contributed by atoms with Crippen LogP contribution < -0.4 is 30.2 Å². The van der Waals surface area contributed by atoms with Crippen molar-refractivity contribution in [3.63, 3.8) is 0 Å². The number of carbonyl (C=O) groups is 1. The number of urea groups is 1. The number of nitrogens with zero attached hydrogens (tertiary/aromatic N) is 3. The number of ether oxygens (including phenoxy) is 3. The molecule has 5 rings (SSSR count). The summed E-state index contributed by atoms with van der Waals surface area (Å²) in [4.78, 5) is 23.0. The molecule has 3 N–H and O–H groups in total. The van der Waals surface area contributed by atoms with Gasteiger partial charge in [-0.1, -0.05) is 11.6 Å². The van der Waals surface area contributed by atoms with Crippen molar-refractivity contribution >= 4 is 45.7 Å². The lowest BCUT2D eigenvalue weighted by Gasteiger charge is -2.24. The van der Waals surface area contributed by atoms with Crippen LogP contribution in [0, 0.1) is 0 Å². The molecule has 0 saturated heterocycles. The van der Waals surface area contributed by atoms with Crippen molar-refractivity contribution in [2.75, 3.05) is 51.1 Å². The van der Waals surface area contributed by atoms with E-state index < -0.39 is 0 Å². The fourth-order valence-electron chi connectivity index (χ4n) is 3.65. The first-order valence-electron chi connectivity index (χ1n) is 11.5. The van der Waals surface area contributed by atoms with E-state index in [9.17, 15) is 4.79 Å². The van der Waals surface area contributed by atoms with E-state index in [1.54, 1.807) is 12.1 Å². The number of hydrogen-bond donors (Lipinski definition) is 3. The van der Waals surface area contributed by atoms with Crippen LogP contribution >= 0.6 is 11.6 Å². The van der Waals surface area contributed by atoms with Crippen LogP contribution in [0.2, 0.25) is 5.02 Å². The van der Waals surface area contributed by atoms with Crippen molar-refractivity contribution in [2.24, 2.45) is 0 Å². The molecule has 0 atom stereocenters. The zero-order valence-corrected chi connectivity index (χ0v) is 20.3. The Morgan fingerprint density at radius 1 is 1.17 bits per heavy atom. The van der Waals surface area contributed by atoms with Crippen LogP contribution in [0.1, 0.15) is 12.8 Å². The van der Waals surface area contributed by atoms with E-state index in [1.807, 2.05) is 31.1 Å². The van der Waals surface area contributed by atoms with Crippen LogP contribution in [0.15, 0.2) is 30.6 Å². The van der Waals surface area contributed by atoms with Gasteiger partial charge in [-0.2, -0.15) is 0 Å². The molecule has 1 aliphatic carbocycles. The topological polar surface area (TPSA) is 110 Å². The van der Waals surface area contributed by atoms with Gasteiger partial charge in [0.05, 0.1) is 21.6 Å². The predicted octanol–water partition coefficient (Wildman–Crippen LogP) is 4.02. The molecule has 3 aromatic rings. The number of likely N-dealkylation sites (N-methyl/N-ethyl adjacent to an activating group) is 1. The molecule has 2 aromatic carbocycles. The van der Waals surface area contributed by atoms with Gasteiger partial charge in [0.2, 0.25) is 5.75 Å². The van der Waals surface area contributed by atoms with E-state index in [0.29, 0.717) is 70.2 Å². The normalized spacial score (nSPS) is 14.6. The van der Waals surface area contributed by atoms with Gasteiger partial charge in [0.1, 0.15) is 32.0 Å². The SMILES string of the molecule is CN(C)CCOc1cc2ncnc(Nc3ccc(NC(=O)NC4CC4)c(Cl)c3)c2c2c1OCCO2. The first-order chi connectivity index (χ1) is 17.0. The van der Waals surface area contributed by atoms with Gasteiger partial charge in [-0.05, 0) is 45.1 Å².